The number of benzene rings is 3. The molecule has 2 saturated heterocycles. The molecule has 0 spiro atoms. The average Bonchev–Trinajstić information content (AvgIpc) is 3.51. The summed E-state index contributed by atoms with van der Waals surface area (Å²) in [5.41, 5.74) is 1.12. The van der Waals surface area contributed by atoms with E-state index in [2.05, 4.69) is 46.8 Å². The molecule has 0 bridgehead atoms. The summed E-state index contributed by atoms with van der Waals surface area (Å²) in [5, 5.41) is 10.9. The minimum absolute atomic E-state index is 0.0326. The Labute approximate surface area is 321 Å². The van der Waals surface area contributed by atoms with Gasteiger partial charge in [0.2, 0.25) is 5.91 Å². The number of carbonyl (C=O) groups is 3. The summed E-state index contributed by atoms with van der Waals surface area (Å²) in [6.45, 7) is 0. The average molecular weight is 831 g/mol. The number of amides is 1. The number of carbonyl (C=O) groups excluding carboxylic acids is 3. The highest BCUT2D eigenvalue weighted by Gasteiger charge is 2.70. The van der Waals surface area contributed by atoms with Crippen LogP contribution in [0.2, 0.25) is 0 Å². The minimum atomic E-state index is -1.47. The maximum atomic E-state index is 15.9. The van der Waals surface area contributed by atoms with Gasteiger partial charge in [-0.25, -0.2) is 4.98 Å². The molecule has 53 heavy (non-hydrogen) atoms. The van der Waals surface area contributed by atoms with Crippen molar-refractivity contribution in [2.24, 2.45) is 11.8 Å². The van der Waals surface area contributed by atoms with Crippen LogP contribution in [0.4, 0.5) is 0 Å². The number of phenols is 1. The molecule has 1 N–H and O–H groups in total. The Morgan fingerprint density at radius 2 is 1.38 bits per heavy atom. The summed E-state index contributed by atoms with van der Waals surface area (Å²) in [6, 6.07) is 26.0. The first-order chi connectivity index (χ1) is 25.8. The number of rotatable bonds is 8. The zero-order valence-electron chi connectivity index (χ0n) is 27.9. The maximum absolute atomic E-state index is 15.9. The molecule has 10 nitrogen and oxygen atoms in total. The molecule has 8 rings (SSSR count). The molecule has 3 aromatic heterocycles. The van der Waals surface area contributed by atoms with Crippen molar-refractivity contribution in [3.8, 4) is 5.75 Å². The summed E-state index contributed by atoms with van der Waals surface area (Å²) in [4.78, 5) is 70.6. The summed E-state index contributed by atoms with van der Waals surface area (Å²) < 4.78 is 1.66. The molecule has 0 saturated carbocycles. The van der Waals surface area contributed by atoms with Crippen LogP contribution in [-0.2, 0) is 10.3 Å². The van der Waals surface area contributed by atoms with Crippen LogP contribution < -0.4 is 0 Å². The highest BCUT2D eigenvalue weighted by Crippen LogP contribution is 2.65. The van der Waals surface area contributed by atoms with Gasteiger partial charge >= 0.3 is 0 Å². The van der Waals surface area contributed by atoms with Gasteiger partial charge in [-0.05, 0) is 66.1 Å². The number of halogens is 2. The van der Waals surface area contributed by atoms with E-state index in [4.69, 9.17) is 9.97 Å². The number of piperidine rings is 1. The number of pyridine rings is 1. The molecule has 3 aromatic carbocycles. The Morgan fingerprint density at radius 3 is 2.00 bits per heavy atom. The number of fused-ring (bicyclic) bond motifs is 1. The third-order valence-corrected chi connectivity index (χ3v) is 11.5. The van der Waals surface area contributed by atoms with Crippen LogP contribution in [-0.4, -0.2) is 52.4 Å². The quantitative estimate of drug-likeness (QED) is 0.121. The summed E-state index contributed by atoms with van der Waals surface area (Å²) >= 11 is 7.09. The van der Waals surface area contributed by atoms with Crippen LogP contribution >= 0.6 is 31.9 Å². The highest BCUT2D eigenvalue weighted by atomic mass is 79.9. The molecule has 2 aliphatic heterocycles. The van der Waals surface area contributed by atoms with Crippen LogP contribution in [0.1, 0.15) is 67.7 Å². The van der Waals surface area contributed by atoms with Gasteiger partial charge < -0.3 is 10.0 Å². The molecular weight excluding hydrogens is 800 g/mol. The van der Waals surface area contributed by atoms with Gasteiger partial charge in [-0.15, -0.1) is 0 Å². The highest BCUT2D eigenvalue weighted by molar-refractivity contribution is 9.10. The Balaban J connectivity index is 1.47. The van der Waals surface area contributed by atoms with E-state index in [0.29, 0.717) is 17.0 Å². The third kappa shape index (κ3) is 5.95. The number of Topliss-reactive ketones (excluding diaryl/α,β-unsaturated/α-hetero) is 2. The monoisotopic (exact) mass is 828 g/mol. The molecule has 262 valence electrons. The molecule has 6 atom stereocenters. The molecular formula is C41H30Br2N6O4. The number of aromatic hydroxyl groups is 1. The van der Waals surface area contributed by atoms with Gasteiger partial charge in [-0.3, -0.25) is 34.3 Å². The summed E-state index contributed by atoms with van der Waals surface area (Å²) in [5.74, 6) is -5.34. The van der Waals surface area contributed by atoms with E-state index in [-0.39, 0.29) is 29.2 Å². The van der Waals surface area contributed by atoms with Crippen LogP contribution in [0.5, 0.6) is 5.75 Å². The zero-order chi connectivity index (χ0) is 36.7. The van der Waals surface area contributed by atoms with Crippen LogP contribution in [0.3, 0.4) is 0 Å². The third-order valence-electron chi connectivity index (χ3n) is 10.5. The topological polar surface area (TPSA) is 139 Å². The first-order valence-corrected chi connectivity index (χ1v) is 18.5. The lowest BCUT2D eigenvalue weighted by Gasteiger charge is -2.51. The fourth-order valence-corrected chi connectivity index (χ4v) is 8.87. The molecule has 2 fully saturated rings. The lowest BCUT2D eigenvalue weighted by Crippen LogP contribution is -2.60. The van der Waals surface area contributed by atoms with Gasteiger partial charge in [0, 0.05) is 51.8 Å². The predicted molar refractivity (Wildman–Crippen MR) is 202 cm³/mol. The number of nitrogens with zero attached hydrogens (tertiary/aromatic N) is 6. The van der Waals surface area contributed by atoms with Crippen molar-refractivity contribution in [3.63, 3.8) is 0 Å². The van der Waals surface area contributed by atoms with E-state index in [1.54, 1.807) is 47.9 Å². The van der Waals surface area contributed by atoms with Crippen LogP contribution in [0.25, 0.3) is 0 Å². The number of para-hydroxylation sites is 1. The van der Waals surface area contributed by atoms with Crippen molar-refractivity contribution in [1.29, 1.82) is 0 Å². The molecule has 12 heteroatoms. The lowest BCUT2D eigenvalue weighted by molar-refractivity contribution is -0.149. The van der Waals surface area contributed by atoms with Crippen molar-refractivity contribution in [2.75, 3.05) is 0 Å². The Kier molecular flexibility index (Phi) is 9.25. The van der Waals surface area contributed by atoms with Crippen molar-refractivity contribution < 1.29 is 19.5 Å². The molecule has 0 radical (unpaired) electrons. The van der Waals surface area contributed by atoms with Crippen LogP contribution in [0.15, 0.2) is 143 Å². The van der Waals surface area contributed by atoms with Crippen molar-refractivity contribution in [3.05, 3.63) is 177 Å². The molecule has 5 heterocycles. The number of aromatic nitrogens is 5. The van der Waals surface area contributed by atoms with E-state index >= 15 is 9.59 Å². The first-order valence-electron chi connectivity index (χ1n) is 16.9. The second-order valence-electron chi connectivity index (χ2n) is 13.2. The minimum Gasteiger partial charge on any atom is -0.507 e. The fraction of sp³-hybridized carbons (Fsp3) is 0.171. The van der Waals surface area contributed by atoms with Crippen molar-refractivity contribution >= 4 is 49.3 Å². The standard InChI is InChI=1S/C41H30Br2N6O4/c42-26-12-8-24(9-13-26)29-21-41(33-23-45-18-20-48-33)36(39(52)31-22-44-17-19-47-31)34(25-10-14-27(43)15-11-25)37(30-6-3-4-16-46-30)49(41)40(53)35(29)38(51)28-5-1-2-7-32(28)50/h1-20,22-23,29,34-37,50H,21H2/t29-,34+,35+,36-,37-,41+/m1/s1. The smallest absolute Gasteiger partial charge is 0.235 e. The predicted octanol–water partition coefficient (Wildman–Crippen LogP) is 7.64. The van der Waals surface area contributed by atoms with Gasteiger partial charge in [0.15, 0.2) is 11.6 Å². The Morgan fingerprint density at radius 1 is 0.717 bits per heavy atom. The molecule has 0 aliphatic carbocycles. The van der Waals surface area contributed by atoms with E-state index in [1.807, 2.05) is 60.7 Å². The van der Waals surface area contributed by atoms with E-state index in [0.717, 1.165) is 14.5 Å². The summed E-state index contributed by atoms with van der Waals surface area (Å²) in [7, 11) is 0. The van der Waals surface area contributed by atoms with Crippen molar-refractivity contribution in [2.45, 2.75) is 29.8 Å². The van der Waals surface area contributed by atoms with Gasteiger partial charge in [0.1, 0.15) is 17.4 Å². The molecule has 6 aromatic rings. The fourth-order valence-electron chi connectivity index (χ4n) is 8.34. The number of hydrogen-bond acceptors (Lipinski definition) is 9. The van der Waals surface area contributed by atoms with Gasteiger partial charge in [-0.2, -0.15) is 0 Å². The molecule has 2 aliphatic rings. The number of hydrogen-bond donors (Lipinski definition) is 1. The zero-order valence-corrected chi connectivity index (χ0v) is 31.1. The van der Waals surface area contributed by atoms with Gasteiger partial charge in [0.05, 0.1) is 46.8 Å². The van der Waals surface area contributed by atoms with E-state index < -0.39 is 46.9 Å². The Hall–Kier alpha value is -5.46. The normalized spacial score (nSPS) is 23.7. The SMILES string of the molecule is O=C(c1ccccc1O)[C@H]1C(=O)N2[C@H](c3ccccn3)[C@@H](c3ccc(Br)cc3)[C@H](C(=O)c3cnccn3)[C@@]2(c2cnccn2)C[C@@H]1c1ccc(Br)cc1. The lowest BCUT2D eigenvalue weighted by atomic mass is 9.62. The second kappa shape index (κ2) is 14.2. The molecule has 1 amide bonds. The second-order valence-corrected chi connectivity index (χ2v) is 15.0. The largest absolute Gasteiger partial charge is 0.507 e. The van der Waals surface area contributed by atoms with E-state index in [1.165, 1.54) is 30.7 Å². The first kappa shape index (κ1) is 34.6. The number of phenolic OH excluding ortho intramolecular Hbond substituents is 1. The molecule has 0 unspecified atom stereocenters. The summed E-state index contributed by atoms with van der Waals surface area (Å²) in [6.07, 6.45) is 10.9. The maximum Gasteiger partial charge on any atom is 0.235 e. The van der Waals surface area contributed by atoms with Gasteiger partial charge in [-0.1, -0.05) is 74.3 Å². The van der Waals surface area contributed by atoms with Gasteiger partial charge in [0.25, 0.3) is 0 Å². The van der Waals surface area contributed by atoms with Crippen LogP contribution in [0, 0.1) is 11.8 Å². The number of ketones is 2. The van der Waals surface area contributed by atoms with E-state index in [9.17, 15) is 9.90 Å². The van der Waals surface area contributed by atoms with Crippen molar-refractivity contribution in [1.82, 2.24) is 29.8 Å². The Bertz CT molecular complexity index is 2300.